The van der Waals surface area contributed by atoms with E-state index in [9.17, 15) is 22.8 Å². The highest BCUT2D eigenvalue weighted by Crippen LogP contribution is 2.21. The fraction of sp³-hybridized carbons (Fsp3) is 0.350. The average Bonchev–Trinajstić information content (AvgIpc) is 3.32. The summed E-state index contributed by atoms with van der Waals surface area (Å²) in [6.45, 7) is 2.45. The topological polar surface area (TPSA) is 113 Å². The van der Waals surface area contributed by atoms with Crippen LogP contribution >= 0.6 is 11.3 Å². The van der Waals surface area contributed by atoms with E-state index in [0.29, 0.717) is 18.1 Å². The number of hydrazine groups is 1. The Hall–Kier alpha value is -2.76. The van der Waals surface area contributed by atoms with Gasteiger partial charge in [0, 0.05) is 24.0 Å². The second-order valence-corrected chi connectivity index (χ2v) is 9.50. The van der Waals surface area contributed by atoms with Gasteiger partial charge < -0.3 is 4.74 Å². The lowest BCUT2D eigenvalue weighted by atomic mass is 10.2. The molecule has 1 N–H and O–H groups in total. The number of imide groups is 1. The van der Waals surface area contributed by atoms with Crippen molar-refractivity contribution >= 4 is 39.3 Å². The molecule has 0 atom stereocenters. The van der Waals surface area contributed by atoms with Crippen molar-refractivity contribution in [1.29, 1.82) is 0 Å². The Morgan fingerprint density at radius 1 is 1.13 bits per heavy atom. The number of thiophene rings is 1. The van der Waals surface area contributed by atoms with Crippen LogP contribution in [0, 0.1) is 0 Å². The zero-order valence-corrected chi connectivity index (χ0v) is 18.6. The van der Waals surface area contributed by atoms with Crippen molar-refractivity contribution < 1.29 is 27.5 Å². The number of nitrogens with zero attached hydrogens (tertiary/aromatic N) is 2. The minimum atomic E-state index is -3.74. The molecule has 1 aromatic heterocycles. The number of piperidine rings is 1. The van der Waals surface area contributed by atoms with Gasteiger partial charge >= 0.3 is 6.09 Å². The molecule has 2 heterocycles. The maximum Gasteiger partial charge on any atom is 0.436 e. The van der Waals surface area contributed by atoms with Crippen LogP contribution in [0.5, 0.6) is 0 Å². The van der Waals surface area contributed by atoms with Gasteiger partial charge in [-0.1, -0.05) is 12.5 Å². The molecule has 166 valence electrons. The molecule has 0 spiro atoms. The van der Waals surface area contributed by atoms with E-state index < -0.39 is 27.9 Å². The monoisotopic (exact) mass is 465 g/mol. The highest BCUT2D eigenvalue weighted by Gasteiger charge is 2.29. The van der Waals surface area contributed by atoms with Crippen LogP contribution in [0.4, 0.5) is 4.79 Å². The number of rotatable bonds is 5. The maximum absolute atomic E-state index is 12.9. The van der Waals surface area contributed by atoms with Crippen LogP contribution in [0.15, 0.2) is 46.0 Å². The van der Waals surface area contributed by atoms with Crippen molar-refractivity contribution in [2.45, 2.75) is 31.1 Å². The Labute approximate surface area is 184 Å². The second-order valence-electron chi connectivity index (χ2n) is 6.79. The van der Waals surface area contributed by atoms with Gasteiger partial charge in [0.1, 0.15) is 0 Å². The molecule has 0 bridgehead atoms. The first-order valence-corrected chi connectivity index (χ1v) is 12.2. The molecule has 1 fully saturated rings. The van der Waals surface area contributed by atoms with E-state index in [0.717, 1.165) is 19.3 Å². The molecule has 0 unspecified atom stereocenters. The summed E-state index contributed by atoms with van der Waals surface area (Å²) in [5.41, 5.74) is 2.43. The Balaban J connectivity index is 1.83. The van der Waals surface area contributed by atoms with E-state index >= 15 is 0 Å². The standard InChI is InChI=1S/C20H23N3O6S2/c1-2-29-20(26)23(19(25)16-9-12-30-14-16)21-18(24)15-7-6-8-17(13-15)31(27,28)22-10-4-3-5-11-22/h6-9,12-14H,2-5,10-11H2,1H3,(H,21,24). The minimum Gasteiger partial charge on any atom is -0.448 e. The first-order chi connectivity index (χ1) is 14.8. The molecule has 2 aromatic rings. The number of carbonyl (C=O) groups excluding carboxylic acids is 3. The summed E-state index contributed by atoms with van der Waals surface area (Å²) in [7, 11) is -3.74. The quantitative estimate of drug-likeness (QED) is 0.680. The van der Waals surface area contributed by atoms with E-state index in [-0.39, 0.29) is 22.6 Å². The van der Waals surface area contributed by atoms with Crippen molar-refractivity contribution in [2.75, 3.05) is 19.7 Å². The number of ether oxygens (including phenoxy) is 1. The predicted octanol–water partition coefficient (Wildman–Crippen LogP) is 2.87. The number of amides is 3. The number of hydrogen-bond donors (Lipinski definition) is 1. The molecular weight excluding hydrogens is 442 g/mol. The molecule has 3 rings (SSSR count). The molecule has 1 aromatic carbocycles. The molecule has 9 nitrogen and oxygen atoms in total. The normalized spacial score (nSPS) is 14.6. The molecule has 11 heteroatoms. The third-order valence-corrected chi connectivity index (χ3v) is 7.26. The number of benzene rings is 1. The van der Waals surface area contributed by atoms with E-state index in [1.165, 1.54) is 51.4 Å². The van der Waals surface area contributed by atoms with Crippen LogP contribution < -0.4 is 5.43 Å². The van der Waals surface area contributed by atoms with Gasteiger partial charge in [0.15, 0.2) is 0 Å². The van der Waals surface area contributed by atoms with Crippen molar-refractivity contribution in [3.63, 3.8) is 0 Å². The fourth-order valence-electron chi connectivity index (χ4n) is 3.10. The van der Waals surface area contributed by atoms with E-state index in [1.54, 1.807) is 12.3 Å². The van der Waals surface area contributed by atoms with Crippen molar-refractivity contribution in [3.8, 4) is 0 Å². The summed E-state index contributed by atoms with van der Waals surface area (Å²) in [5.74, 6) is -1.57. The number of carbonyl (C=O) groups is 3. The van der Waals surface area contributed by atoms with E-state index in [1.807, 2.05) is 0 Å². The zero-order chi connectivity index (χ0) is 22.4. The van der Waals surface area contributed by atoms with Gasteiger partial charge in [-0.25, -0.2) is 13.2 Å². The molecule has 1 aliphatic rings. The molecule has 0 radical (unpaired) electrons. The average molecular weight is 466 g/mol. The van der Waals surface area contributed by atoms with Gasteiger partial charge in [-0.05, 0) is 49.4 Å². The van der Waals surface area contributed by atoms with Gasteiger partial charge in [-0.15, -0.1) is 5.01 Å². The summed E-state index contributed by atoms with van der Waals surface area (Å²) in [6, 6.07) is 7.01. The first-order valence-electron chi connectivity index (χ1n) is 9.79. The maximum atomic E-state index is 12.9. The summed E-state index contributed by atoms with van der Waals surface area (Å²) < 4.78 is 32.1. The fourth-order valence-corrected chi connectivity index (χ4v) is 5.29. The first kappa shape index (κ1) is 22.9. The van der Waals surface area contributed by atoms with Crippen LogP contribution in [-0.4, -0.2) is 55.3 Å². The number of nitrogens with one attached hydrogen (secondary N) is 1. The second kappa shape index (κ2) is 10.0. The summed E-state index contributed by atoms with van der Waals surface area (Å²) in [5, 5.41) is 3.68. The molecule has 0 saturated carbocycles. The van der Waals surface area contributed by atoms with Crippen molar-refractivity contribution in [2.24, 2.45) is 0 Å². The summed E-state index contributed by atoms with van der Waals surface area (Å²) >= 11 is 1.26. The lowest BCUT2D eigenvalue weighted by Gasteiger charge is -2.26. The number of sulfonamides is 1. The third kappa shape index (κ3) is 5.30. The minimum absolute atomic E-state index is 0.00564. The summed E-state index contributed by atoms with van der Waals surface area (Å²) in [4.78, 5) is 37.6. The lowest BCUT2D eigenvalue weighted by molar-refractivity contribution is 0.0506. The Bertz CT molecular complexity index is 1050. The van der Waals surface area contributed by atoms with Gasteiger partial charge in [0.05, 0.1) is 17.1 Å². The summed E-state index contributed by atoms with van der Waals surface area (Å²) in [6.07, 6.45) is 1.53. The largest absolute Gasteiger partial charge is 0.448 e. The van der Waals surface area contributed by atoms with Crippen LogP contribution in [0.3, 0.4) is 0 Å². The van der Waals surface area contributed by atoms with Crippen LogP contribution in [0.25, 0.3) is 0 Å². The predicted molar refractivity (Wildman–Crippen MR) is 114 cm³/mol. The van der Waals surface area contributed by atoms with Crippen LogP contribution in [-0.2, 0) is 14.8 Å². The Morgan fingerprint density at radius 3 is 2.52 bits per heavy atom. The smallest absolute Gasteiger partial charge is 0.436 e. The molecule has 0 aliphatic carbocycles. The zero-order valence-electron chi connectivity index (χ0n) is 16.9. The van der Waals surface area contributed by atoms with Crippen LogP contribution in [0.2, 0.25) is 0 Å². The highest BCUT2D eigenvalue weighted by atomic mass is 32.2. The van der Waals surface area contributed by atoms with Crippen molar-refractivity contribution in [1.82, 2.24) is 14.7 Å². The Morgan fingerprint density at radius 2 is 1.87 bits per heavy atom. The molecule has 1 saturated heterocycles. The Kier molecular flexibility index (Phi) is 7.42. The molecule has 3 amide bonds. The van der Waals surface area contributed by atoms with Gasteiger partial charge in [-0.3, -0.25) is 15.0 Å². The van der Waals surface area contributed by atoms with Crippen molar-refractivity contribution in [3.05, 3.63) is 52.2 Å². The van der Waals surface area contributed by atoms with E-state index in [4.69, 9.17) is 4.74 Å². The van der Waals surface area contributed by atoms with E-state index in [2.05, 4.69) is 5.43 Å². The van der Waals surface area contributed by atoms with Gasteiger partial charge in [0.25, 0.3) is 11.8 Å². The number of hydrogen-bond acceptors (Lipinski definition) is 7. The van der Waals surface area contributed by atoms with Crippen LogP contribution in [0.1, 0.15) is 46.9 Å². The highest BCUT2D eigenvalue weighted by molar-refractivity contribution is 7.89. The SMILES string of the molecule is CCOC(=O)N(NC(=O)c1cccc(S(=O)(=O)N2CCCCC2)c1)C(=O)c1ccsc1. The lowest BCUT2D eigenvalue weighted by Crippen LogP contribution is -2.50. The molecule has 31 heavy (non-hydrogen) atoms. The van der Waals surface area contributed by atoms with Gasteiger partial charge in [0.2, 0.25) is 10.0 Å². The third-order valence-electron chi connectivity index (χ3n) is 4.68. The molecule has 1 aliphatic heterocycles. The molecular formula is C20H23N3O6S2. The van der Waals surface area contributed by atoms with Gasteiger partial charge in [-0.2, -0.15) is 15.6 Å².